The number of amides is 1. The van der Waals surface area contributed by atoms with Crippen LogP contribution in [0.1, 0.15) is 60.7 Å². The van der Waals surface area contributed by atoms with Gasteiger partial charge in [-0.15, -0.1) is 11.8 Å². The number of carboxylic acids is 2. The van der Waals surface area contributed by atoms with Crippen molar-refractivity contribution in [2.75, 3.05) is 30.0 Å². The molecule has 6 N–H and O–H groups in total. The van der Waals surface area contributed by atoms with Gasteiger partial charge in [-0.2, -0.15) is 0 Å². The molecule has 0 fully saturated rings. The Labute approximate surface area is 340 Å². The van der Waals surface area contributed by atoms with Gasteiger partial charge >= 0.3 is 11.9 Å². The Kier molecular flexibility index (Phi) is 12.3. The monoisotopic (exact) mass is 794 g/mol. The van der Waals surface area contributed by atoms with Crippen molar-refractivity contribution in [3.8, 4) is 11.1 Å². The molecule has 0 radical (unpaired) electrons. The molecule has 0 aromatic heterocycles. The number of anilines is 4. The van der Waals surface area contributed by atoms with Crippen LogP contribution in [-0.4, -0.2) is 47.4 Å². The molecule has 0 spiro atoms. The maximum absolute atomic E-state index is 14.1. The first-order valence-corrected chi connectivity index (χ1v) is 20.7. The van der Waals surface area contributed by atoms with E-state index in [4.69, 9.17) is 0 Å². The Morgan fingerprint density at radius 2 is 1.28 bits per heavy atom. The topological polar surface area (TPSA) is 140 Å². The summed E-state index contributed by atoms with van der Waals surface area (Å²) in [5, 5.41) is 32.9. The molecule has 11 heteroatoms. The molecule has 1 unspecified atom stereocenters. The van der Waals surface area contributed by atoms with Crippen molar-refractivity contribution in [2.24, 2.45) is 0 Å². The van der Waals surface area contributed by atoms with Gasteiger partial charge in [0.25, 0.3) is 5.91 Å². The van der Waals surface area contributed by atoms with Gasteiger partial charge in [-0.1, -0.05) is 73.3 Å². The van der Waals surface area contributed by atoms with E-state index >= 15 is 0 Å². The van der Waals surface area contributed by atoms with Crippen molar-refractivity contribution < 1.29 is 24.6 Å². The number of aryl methyl sites for hydroxylation is 1. The summed E-state index contributed by atoms with van der Waals surface area (Å²) in [4.78, 5) is 41.7. The molecule has 1 amide bonds. The Morgan fingerprint density at radius 1 is 0.667 bits per heavy atom. The summed E-state index contributed by atoms with van der Waals surface area (Å²) in [6.45, 7) is 2.91. The average molecular weight is 795 g/mol. The zero-order valence-electron chi connectivity index (χ0n) is 31.5. The smallest absolute Gasteiger partial charge is 0.337 e. The highest BCUT2D eigenvalue weighted by atomic mass is 32.2. The van der Waals surface area contributed by atoms with Gasteiger partial charge in [-0.3, -0.25) is 4.79 Å². The zero-order chi connectivity index (χ0) is 39.9. The third-order valence-corrected chi connectivity index (χ3v) is 11.9. The number of aromatic carboxylic acids is 2. The first-order chi connectivity index (χ1) is 27.7. The standard InChI is InChI=1S/C46H42N4O5S2/c1-3-28-24-29(16-19-37(28)49-38-13-7-5-11-33(38)45(52)53)30-17-20-40(50-39-14-8-6-12-34(39)46(54)55)36(25-30)44(51)48-23-22-47-41-26-31-10-4-9-15-42(31)57-43-21-18-32(56-2)27-35(41)43/h4-21,24-25,27,41,47,49-50H,3,22-23,26H2,1-2H3,(H,48,51)(H,52,53)(H,54,55). The lowest BCUT2D eigenvalue weighted by molar-refractivity contribution is 0.0687. The van der Waals surface area contributed by atoms with E-state index in [0.29, 0.717) is 42.1 Å². The first kappa shape index (κ1) is 39.2. The summed E-state index contributed by atoms with van der Waals surface area (Å²) >= 11 is 3.51. The lowest BCUT2D eigenvalue weighted by atomic mass is 9.97. The molecule has 6 aromatic carbocycles. The van der Waals surface area contributed by atoms with Gasteiger partial charge in [0.15, 0.2) is 0 Å². The van der Waals surface area contributed by atoms with Gasteiger partial charge < -0.3 is 31.5 Å². The summed E-state index contributed by atoms with van der Waals surface area (Å²) in [6.07, 6.45) is 3.57. The third kappa shape index (κ3) is 9.02. The summed E-state index contributed by atoms with van der Waals surface area (Å²) in [7, 11) is 0. The van der Waals surface area contributed by atoms with Crippen molar-refractivity contribution in [1.82, 2.24) is 10.6 Å². The Balaban J connectivity index is 1.14. The van der Waals surface area contributed by atoms with Crippen LogP contribution in [0.15, 0.2) is 142 Å². The molecule has 0 saturated carbocycles. The van der Waals surface area contributed by atoms with E-state index in [2.05, 4.69) is 70.0 Å². The third-order valence-electron chi connectivity index (χ3n) is 9.95. The summed E-state index contributed by atoms with van der Waals surface area (Å²) < 4.78 is 0. The predicted molar refractivity (Wildman–Crippen MR) is 230 cm³/mol. The number of hydrogen-bond acceptors (Lipinski definition) is 8. The normalized spacial score (nSPS) is 13.1. The van der Waals surface area contributed by atoms with Crippen LogP contribution in [0.2, 0.25) is 0 Å². The molecule has 1 aliphatic rings. The second-order valence-corrected chi connectivity index (χ2v) is 15.5. The fourth-order valence-corrected chi connectivity index (χ4v) is 8.56. The predicted octanol–water partition coefficient (Wildman–Crippen LogP) is 10.3. The molecule has 1 atom stereocenters. The van der Waals surface area contributed by atoms with Crippen molar-refractivity contribution >= 4 is 64.1 Å². The van der Waals surface area contributed by atoms with Gasteiger partial charge in [0, 0.05) is 39.5 Å². The molecule has 1 heterocycles. The van der Waals surface area contributed by atoms with E-state index in [0.717, 1.165) is 28.8 Å². The van der Waals surface area contributed by atoms with Crippen molar-refractivity contribution in [3.05, 3.63) is 161 Å². The maximum Gasteiger partial charge on any atom is 0.337 e. The minimum absolute atomic E-state index is 0.0519. The van der Waals surface area contributed by atoms with E-state index in [9.17, 15) is 24.6 Å². The Hall–Kier alpha value is -6.01. The Bertz CT molecular complexity index is 2470. The quantitative estimate of drug-likeness (QED) is 0.0466. The van der Waals surface area contributed by atoms with Gasteiger partial charge in [0.1, 0.15) is 0 Å². The minimum atomic E-state index is -1.08. The SMILES string of the molecule is CCc1cc(-c2ccc(Nc3ccccc3C(=O)O)c(C(=O)NCCNC3Cc4ccccc4Sc4ccc(SC)cc43)c2)ccc1Nc1ccccc1C(=O)O. The molecule has 1 aliphatic heterocycles. The minimum Gasteiger partial charge on any atom is -0.478 e. The molecule has 288 valence electrons. The van der Waals surface area contributed by atoms with E-state index in [1.807, 2.05) is 37.3 Å². The lowest BCUT2D eigenvalue weighted by Gasteiger charge is -2.21. The van der Waals surface area contributed by atoms with Gasteiger partial charge in [-0.05, 0) is 120 Å². The van der Waals surface area contributed by atoms with Crippen LogP contribution in [0.4, 0.5) is 22.7 Å². The maximum atomic E-state index is 14.1. The van der Waals surface area contributed by atoms with Crippen molar-refractivity contribution in [1.29, 1.82) is 0 Å². The number of rotatable bonds is 14. The highest BCUT2D eigenvalue weighted by molar-refractivity contribution is 7.99. The van der Waals surface area contributed by atoms with Crippen LogP contribution in [0, 0.1) is 0 Å². The van der Waals surface area contributed by atoms with E-state index in [1.165, 1.54) is 31.9 Å². The molecule has 0 aliphatic carbocycles. The molecule has 9 nitrogen and oxygen atoms in total. The number of para-hydroxylation sites is 2. The number of thioether (sulfide) groups is 1. The molecule has 7 rings (SSSR count). The molecule has 6 aromatic rings. The number of benzene rings is 6. The highest BCUT2D eigenvalue weighted by Gasteiger charge is 2.23. The van der Waals surface area contributed by atoms with Gasteiger partial charge in [-0.25, -0.2) is 9.59 Å². The first-order valence-electron chi connectivity index (χ1n) is 18.6. The summed E-state index contributed by atoms with van der Waals surface area (Å²) in [6, 6.07) is 39.9. The van der Waals surface area contributed by atoms with E-state index in [1.54, 1.807) is 72.1 Å². The fourth-order valence-electron chi connectivity index (χ4n) is 6.99. The van der Waals surface area contributed by atoms with Crippen LogP contribution in [0.25, 0.3) is 11.1 Å². The lowest BCUT2D eigenvalue weighted by Crippen LogP contribution is -2.34. The van der Waals surface area contributed by atoms with Crippen LogP contribution in [0.3, 0.4) is 0 Å². The molecule has 0 saturated heterocycles. The van der Waals surface area contributed by atoms with Gasteiger partial charge in [0.05, 0.1) is 33.8 Å². The molecular formula is C46H42N4O5S2. The zero-order valence-corrected chi connectivity index (χ0v) is 33.1. The van der Waals surface area contributed by atoms with Crippen molar-refractivity contribution in [2.45, 2.75) is 40.5 Å². The van der Waals surface area contributed by atoms with Crippen LogP contribution in [0.5, 0.6) is 0 Å². The second-order valence-electron chi connectivity index (χ2n) is 13.5. The number of carbonyl (C=O) groups is 3. The second kappa shape index (κ2) is 17.8. The summed E-state index contributed by atoms with van der Waals surface area (Å²) in [5.41, 5.74) is 7.88. The number of fused-ring (bicyclic) bond motifs is 2. The van der Waals surface area contributed by atoms with Crippen molar-refractivity contribution in [3.63, 3.8) is 0 Å². The Morgan fingerprint density at radius 3 is 1.96 bits per heavy atom. The molecule has 57 heavy (non-hydrogen) atoms. The molecule has 0 bridgehead atoms. The van der Waals surface area contributed by atoms with Crippen LogP contribution >= 0.6 is 23.5 Å². The van der Waals surface area contributed by atoms with E-state index < -0.39 is 11.9 Å². The number of carboxylic acid groups (broad SMARTS) is 2. The highest BCUT2D eigenvalue weighted by Crippen LogP contribution is 2.42. The van der Waals surface area contributed by atoms with E-state index in [-0.39, 0.29) is 23.1 Å². The number of nitrogens with one attached hydrogen (secondary N) is 4. The number of hydrogen-bond donors (Lipinski definition) is 6. The average Bonchev–Trinajstić information content (AvgIpc) is 3.38. The van der Waals surface area contributed by atoms with Gasteiger partial charge in [0.2, 0.25) is 0 Å². The van der Waals surface area contributed by atoms with Crippen LogP contribution < -0.4 is 21.3 Å². The summed E-state index contributed by atoms with van der Waals surface area (Å²) in [5.74, 6) is -2.40. The number of carbonyl (C=O) groups excluding carboxylic acids is 1. The molecular weight excluding hydrogens is 753 g/mol. The fraction of sp³-hybridized carbons (Fsp3) is 0.152. The van der Waals surface area contributed by atoms with Crippen LogP contribution in [-0.2, 0) is 12.8 Å². The largest absolute Gasteiger partial charge is 0.478 e.